The van der Waals surface area contributed by atoms with E-state index in [4.69, 9.17) is 4.74 Å². The Morgan fingerprint density at radius 3 is 2.51 bits per heavy atom. The lowest BCUT2D eigenvalue weighted by molar-refractivity contribution is -0.131. The number of rotatable bonds is 7. The number of carbonyl (C=O) groups excluding carboxylic acids is 4. The SMILES string of the molecule is CC(=O)c1cc(CNC(=O)c2cc(C(=O)NCc3ccc4c(c3)CC(=O)O4)nc3ccnn23)ccc1F. The van der Waals surface area contributed by atoms with E-state index < -0.39 is 23.4 Å². The number of carbonyl (C=O) groups is 4. The van der Waals surface area contributed by atoms with E-state index in [-0.39, 0.29) is 42.4 Å². The molecule has 2 aromatic carbocycles. The zero-order valence-corrected chi connectivity index (χ0v) is 19.6. The van der Waals surface area contributed by atoms with Crippen LogP contribution in [0.5, 0.6) is 5.75 Å². The fourth-order valence-corrected chi connectivity index (χ4v) is 3.98. The predicted molar refractivity (Wildman–Crippen MR) is 128 cm³/mol. The summed E-state index contributed by atoms with van der Waals surface area (Å²) < 4.78 is 20.2. The Bertz CT molecular complexity index is 1600. The molecular weight excluding hydrogens is 481 g/mol. The second-order valence-electron chi connectivity index (χ2n) is 8.46. The van der Waals surface area contributed by atoms with Gasteiger partial charge in [0.2, 0.25) is 0 Å². The molecule has 0 spiro atoms. The van der Waals surface area contributed by atoms with Crippen molar-refractivity contribution < 1.29 is 28.3 Å². The number of esters is 1. The van der Waals surface area contributed by atoms with Gasteiger partial charge in [0.1, 0.15) is 23.0 Å². The van der Waals surface area contributed by atoms with E-state index in [0.29, 0.717) is 17.0 Å². The van der Waals surface area contributed by atoms with E-state index >= 15 is 0 Å². The third kappa shape index (κ3) is 4.92. The number of benzene rings is 2. The van der Waals surface area contributed by atoms with Gasteiger partial charge in [0.25, 0.3) is 11.8 Å². The maximum atomic E-state index is 13.8. The van der Waals surface area contributed by atoms with Gasteiger partial charge in [0.05, 0.1) is 18.2 Å². The fraction of sp³-hybridized carbons (Fsp3) is 0.154. The van der Waals surface area contributed by atoms with E-state index in [1.165, 1.54) is 41.9 Å². The van der Waals surface area contributed by atoms with Crippen molar-refractivity contribution in [2.24, 2.45) is 0 Å². The van der Waals surface area contributed by atoms with E-state index in [2.05, 4.69) is 20.7 Å². The lowest BCUT2D eigenvalue weighted by Crippen LogP contribution is -2.28. The Morgan fingerprint density at radius 2 is 1.73 bits per heavy atom. The molecule has 0 radical (unpaired) electrons. The number of aromatic nitrogens is 3. The normalized spacial score (nSPS) is 12.2. The van der Waals surface area contributed by atoms with Gasteiger partial charge in [-0.1, -0.05) is 12.1 Å². The van der Waals surface area contributed by atoms with Crippen LogP contribution in [0.15, 0.2) is 54.7 Å². The number of fused-ring (bicyclic) bond motifs is 2. The minimum atomic E-state index is -0.632. The summed E-state index contributed by atoms with van der Waals surface area (Å²) in [6.07, 6.45) is 1.64. The highest BCUT2D eigenvalue weighted by Gasteiger charge is 2.21. The van der Waals surface area contributed by atoms with Crippen LogP contribution >= 0.6 is 0 Å². The van der Waals surface area contributed by atoms with Gasteiger partial charge < -0.3 is 15.4 Å². The van der Waals surface area contributed by atoms with Crippen LogP contribution in [0.2, 0.25) is 0 Å². The first kappa shape index (κ1) is 23.8. The third-order valence-corrected chi connectivity index (χ3v) is 5.82. The summed E-state index contributed by atoms with van der Waals surface area (Å²) in [5, 5.41) is 9.57. The summed E-state index contributed by atoms with van der Waals surface area (Å²) in [5.74, 6) is -1.90. The Morgan fingerprint density at radius 1 is 1.00 bits per heavy atom. The molecule has 1 aliphatic rings. The first-order chi connectivity index (χ1) is 17.8. The van der Waals surface area contributed by atoms with E-state index in [1.54, 1.807) is 24.3 Å². The number of hydrogen-bond acceptors (Lipinski definition) is 7. The highest BCUT2D eigenvalue weighted by Crippen LogP contribution is 2.26. The van der Waals surface area contributed by atoms with Gasteiger partial charge in [0.15, 0.2) is 11.4 Å². The summed E-state index contributed by atoms with van der Waals surface area (Å²) in [6.45, 7) is 1.46. The Balaban J connectivity index is 1.31. The zero-order chi connectivity index (χ0) is 26.1. The van der Waals surface area contributed by atoms with Gasteiger partial charge in [0, 0.05) is 30.8 Å². The number of hydrogen-bond donors (Lipinski definition) is 2. The largest absolute Gasteiger partial charge is 0.426 e. The summed E-state index contributed by atoms with van der Waals surface area (Å²) in [5.41, 5.74) is 2.38. The number of ketones is 1. The highest BCUT2D eigenvalue weighted by molar-refractivity contribution is 5.98. The molecule has 5 rings (SSSR count). The summed E-state index contributed by atoms with van der Waals surface area (Å²) in [4.78, 5) is 53.2. The minimum Gasteiger partial charge on any atom is -0.426 e. The number of ether oxygens (including phenoxy) is 1. The van der Waals surface area contributed by atoms with E-state index in [0.717, 1.165) is 11.1 Å². The van der Waals surface area contributed by atoms with Gasteiger partial charge in [-0.2, -0.15) is 5.10 Å². The van der Waals surface area contributed by atoms with Gasteiger partial charge in [-0.05, 0) is 42.3 Å². The molecule has 2 amide bonds. The lowest BCUT2D eigenvalue weighted by Gasteiger charge is -2.10. The van der Waals surface area contributed by atoms with Crippen LogP contribution < -0.4 is 15.4 Å². The molecule has 4 aromatic rings. The summed E-state index contributed by atoms with van der Waals surface area (Å²) >= 11 is 0. The van der Waals surface area contributed by atoms with E-state index in [9.17, 15) is 23.6 Å². The second-order valence-corrected chi connectivity index (χ2v) is 8.46. The average molecular weight is 501 g/mol. The van der Waals surface area contributed by atoms with Crippen LogP contribution in [-0.2, 0) is 24.3 Å². The molecule has 0 aliphatic carbocycles. The molecular formula is C26H20FN5O5. The number of nitrogens with zero attached hydrogens (tertiary/aromatic N) is 3. The molecule has 186 valence electrons. The molecule has 0 saturated heterocycles. The number of Topliss-reactive ketones (excluding diaryl/α,β-unsaturated/α-hetero) is 1. The van der Waals surface area contributed by atoms with Gasteiger partial charge in [-0.15, -0.1) is 0 Å². The minimum absolute atomic E-state index is 0.0125. The molecule has 10 nitrogen and oxygen atoms in total. The molecule has 2 aromatic heterocycles. The van der Waals surface area contributed by atoms with Crippen LogP contribution in [0.25, 0.3) is 5.65 Å². The molecule has 11 heteroatoms. The number of amides is 2. The monoisotopic (exact) mass is 501 g/mol. The van der Waals surface area contributed by atoms with Crippen molar-refractivity contribution in [2.75, 3.05) is 0 Å². The fourth-order valence-electron chi connectivity index (χ4n) is 3.98. The van der Waals surface area contributed by atoms with Crippen molar-refractivity contribution in [1.82, 2.24) is 25.2 Å². The zero-order valence-electron chi connectivity index (χ0n) is 19.6. The number of halogens is 1. The first-order valence-electron chi connectivity index (χ1n) is 11.3. The standard InChI is InChI=1S/C26H20FN5O5/c1-14(33)18-9-16(2-4-19(18)27)13-29-26(36)21-11-20(31-23-6-7-30-32(21)23)25(35)28-12-15-3-5-22-17(8-15)10-24(34)37-22/h2-9,11H,10,12-13H2,1H3,(H,28,35)(H,29,36). The maximum absolute atomic E-state index is 13.8. The molecule has 37 heavy (non-hydrogen) atoms. The molecule has 3 heterocycles. The van der Waals surface area contributed by atoms with Crippen LogP contribution in [0.3, 0.4) is 0 Å². The van der Waals surface area contributed by atoms with Crippen LogP contribution in [0.1, 0.15) is 54.9 Å². The summed E-state index contributed by atoms with van der Waals surface area (Å²) in [7, 11) is 0. The smallest absolute Gasteiger partial charge is 0.315 e. The molecule has 2 N–H and O–H groups in total. The van der Waals surface area contributed by atoms with Crippen molar-refractivity contribution >= 4 is 29.2 Å². The highest BCUT2D eigenvalue weighted by atomic mass is 19.1. The molecule has 0 bridgehead atoms. The van der Waals surface area contributed by atoms with Crippen LogP contribution in [-0.4, -0.2) is 38.2 Å². The van der Waals surface area contributed by atoms with E-state index in [1.807, 2.05) is 0 Å². The van der Waals surface area contributed by atoms with Crippen LogP contribution in [0.4, 0.5) is 4.39 Å². The maximum Gasteiger partial charge on any atom is 0.315 e. The Kier molecular flexibility index (Phi) is 6.18. The molecule has 0 fully saturated rings. The molecule has 1 aliphatic heterocycles. The van der Waals surface area contributed by atoms with Crippen molar-refractivity contribution in [3.05, 3.63) is 94.2 Å². The molecule has 0 unspecified atom stereocenters. The van der Waals surface area contributed by atoms with Gasteiger partial charge in [-0.25, -0.2) is 13.9 Å². The molecule has 0 saturated carbocycles. The Labute approximate surface area is 209 Å². The third-order valence-electron chi connectivity index (χ3n) is 5.82. The van der Waals surface area contributed by atoms with Gasteiger partial charge >= 0.3 is 5.97 Å². The average Bonchev–Trinajstić information content (AvgIpc) is 3.50. The van der Waals surface area contributed by atoms with Crippen LogP contribution in [0, 0.1) is 5.82 Å². The van der Waals surface area contributed by atoms with Crippen molar-refractivity contribution in [3.8, 4) is 5.75 Å². The number of nitrogens with one attached hydrogen (secondary N) is 2. The van der Waals surface area contributed by atoms with Gasteiger partial charge in [-0.3, -0.25) is 19.2 Å². The Hall–Kier alpha value is -4.93. The van der Waals surface area contributed by atoms with Crippen molar-refractivity contribution in [2.45, 2.75) is 26.4 Å². The lowest BCUT2D eigenvalue weighted by atomic mass is 10.1. The summed E-state index contributed by atoms with van der Waals surface area (Å²) in [6, 6.07) is 12.1. The van der Waals surface area contributed by atoms with Crippen molar-refractivity contribution in [1.29, 1.82) is 0 Å². The predicted octanol–water partition coefficient (Wildman–Crippen LogP) is 2.39. The quantitative estimate of drug-likeness (QED) is 0.226. The topological polar surface area (TPSA) is 132 Å². The second kappa shape index (κ2) is 9.61. The first-order valence-corrected chi connectivity index (χ1v) is 11.3. The molecule has 0 atom stereocenters. The van der Waals surface area contributed by atoms with Crippen molar-refractivity contribution in [3.63, 3.8) is 0 Å².